The number of nitro benzene ring substituents is 1. The number of amides is 1. The fourth-order valence-corrected chi connectivity index (χ4v) is 2.50. The van der Waals surface area contributed by atoms with Crippen molar-refractivity contribution in [3.05, 3.63) is 39.9 Å². The Hall–Kier alpha value is -2.72. The summed E-state index contributed by atoms with van der Waals surface area (Å²) in [6, 6.07) is 5.12. The Labute approximate surface area is 142 Å². The van der Waals surface area contributed by atoms with Crippen molar-refractivity contribution in [1.29, 1.82) is 0 Å². The van der Waals surface area contributed by atoms with Crippen LogP contribution in [-0.2, 0) is 20.9 Å². The molecule has 0 aromatic heterocycles. The van der Waals surface area contributed by atoms with Crippen LogP contribution in [0.1, 0.15) is 12.0 Å². The Morgan fingerprint density at radius 1 is 1.32 bits per heavy atom. The third-order valence-corrected chi connectivity index (χ3v) is 3.67. The number of nitrogens with zero attached hydrogens (tertiary/aromatic N) is 2. The second-order valence-electron chi connectivity index (χ2n) is 5.58. The molecule has 10 nitrogen and oxygen atoms in total. The highest BCUT2D eigenvalue weighted by molar-refractivity contribution is 5.69. The quantitative estimate of drug-likeness (QED) is 0.540. The summed E-state index contributed by atoms with van der Waals surface area (Å²) in [7, 11) is 0. The van der Waals surface area contributed by atoms with Crippen LogP contribution in [-0.4, -0.2) is 64.0 Å². The molecule has 0 spiro atoms. The predicted molar refractivity (Wildman–Crippen MR) is 82.9 cm³/mol. The van der Waals surface area contributed by atoms with Crippen LogP contribution in [0.2, 0.25) is 0 Å². The Kier molecular flexibility index (Phi) is 6.25. The van der Waals surface area contributed by atoms with Crippen molar-refractivity contribution in [2.45, 2.75) is 25.2 Å². The van der Waals surface area contributed by atoms with Gasteiger partial charge < -0.3 is 24.6 Å². The number of ether oxygens (including phenoxy) is 2. The van der Waals surface area contributed by atoms with Gasteiger partial charge in [-0.2, -0.15) is 0 Å². The van der Waals surface area contributed by atoms with Crippen molar-refractivity contribution in [1.82, 2.24) is 4.90 Å². The number of carbonyl (C=O) groups is 2. The van der Waals surface area contributed by atoms with Crippen molar-refractivity contribution >= 4 is 17.7 Å². The molecule has 0 saturated carbocycles. The van der Waals surface area contributed by atoms with Gasteiger partial charge in [0.2, 0.25) is 0 Å². The predicted octanol–water partition coefficient (Wildman–Crippen LogP) is 0.768. The van der Waals surface area contributed by atoms with Gasteiger partial charge in [0.05, 0.1) is 30.2 Å². The van der Waals surface area contributed by atoms with Gasteiger partial charge in [-0.15, -0.1) is 0 Å². The van der Waals surface area contributed by atoms with Crippen molar-refractivity contribution in [2.75, 3.05) is 19.8 Å². The summed E-state index contributed by atoms with van der Waals surface area (Å²) in [6.07, 6.45) is -1.13. The van der Waals surface area contributed by atoms with Crippen molar-refractivity contribution in [2.24, 2.45) is 0 Å². The fourth-order valence-electron chi connectivity index (χ4n) is 2.50. The molecule has 25 heavy (non-hydrogen) atoms. The molecule has 1 aromatic carbocycles. The highest BCUT2D eigenvalue weighted by atomic mass is 16.6. The lowest BCUT2D eigenvalue weighted by Gasteiger charge is -2.23. The minimum absolute atomic E-state index is 0.0179. The van der Waals surface area contributed by atoms with Gasteiger partial charge in [0.15, 0.2) is 0 Å². The number of hydrogen-bond acceptors (Lipinski definition) is 7. The third-order valence-electron chi connectivity index (χ3n) is 3.67. The molecule has 1 aliphatic rings. The lowest BCUT2D eigenvalue weighted by atomic mass is 10.2. The molecule has 0 aliphatic carbocycles. The van der Waals surface area contributed by atoms with E-state index < -0.39 is 35.7 Å². The molecule has 136 valence electrons. The molecule has 2 N–H and O–H groups in total. The van der Waals surface area contributed by atoms with E-state index in [1.54, 1.807) is 0 Å². The lowest BCUT2D eigenvalue weighted by Crippen LogP contribution is -2.39. The molecule has 0 radical (unpaired) electrons. The van der Waals surface area contributed by atoms with Crippen LogP contribution in [0.5, 0.6) is 0 Å². The number of non-ortho nitro benzene ring substituents is 1. The van der Waals surface area contributed by atoms with Crippen molar-refractivity contribution in [3.63, 3.8) is 0 Å². The zero-order valence-corrected chi connectivity index (χ0v) is 13.2. The second kappa shape index (κ2) is 8.40. The molecule has 1 fully saturated rings. The molecule has 1 amide bonds. The first-order valence-corrected chi connectivity index (χ1v) is 7.51. The number of aliphatic carboxylic acids is 1. The maximum Gasteiger partial charge on any atom is 0.410 e. The van der Waals surface area contributed by atoms with Crippen LogP contribution >= 0.6 is 0 Å². The van der Waals surface area contributed by atoms with E-state index >= 15 is 0 Å². The smallest absolute Gasteiger partial charge is 0.410 e. The number of carbonyl (C=O) groups excluding carboxylic acids is 1. The number of carboxylic acid groups (broad SMARTS) is 1. The average molecular weight is 354 g/mol. The Morgan fingerprint density at radius 2 is 2.00 bits per heavy atom. The van der Waals surface area contributed by atoms with Gasteiger partial charge >= 0.3 is 12.1 Å². The third kappa shape index (κ3) is 5.40. The van der Waals surface area contributed by atoms with Crippen LogP contribution in [0.3, 0.4) is 0 Å². The van der Waals surface area contributed by atoms with Gasteiger partial charge in [-0.1, -0.05) is 0 Å². The Morgan fingerprint density at radius 3 is 2.60 bits per heavy atom. The molecule has 0 unspecified atom stereocenters. The van der Waals surface area contributed by atoms with Crippen LogP contribution < -0.4 is 0 Å². The first-order chi connectivity index (χ1) is 11.9. The second-order valence-corrected chi connectivity index (χ2v) is 5.58. The van der Waals surface area contributed by atoms with Crippen LogP contribution in [0.4, 0.5) is 10.5 Å². The summed E-state index contributed by atoms with van der Waals surface area (Å²) in [5.74, 6) is -1.12. The van der Waals surface area contributed by atoms with Gasteiger partial charge in [-0.3, -0.25) is 10.1 Å². The number of carboxylic acids is 1. The number of aliphatic hydroxyl groups is 1. The molecule has 2 rings (SSSR count). The molecule has 1 heterocycles. The molecule has 1 aliphatic heterocycles. The zero-order valence-electron chi connectivity index (χ0n) is 13.2. The fraction of sp³-hybridized carbons (Fsp3) is 0.467. The lowest BCUT2D eigenvalue weighted by molar-refractivity contribution is -0.384. The van der Waals surface area contributed by atoms with Crippen LogP contribution in [0, 0.1) is 10.1 Å². The topological polar surface area (TPSA) is 139 Å². The molecular weight excluding hydrogens is 336 g/mol. The van der Waals surface area contributed by atoms with Crippen LogP contribution in [0.25, 0.3) is 0 Å². The number of benzene rings is 1. The maximum atomic E-state index is 12.2. The summed E-state index contributed by atoms with van der Waals surface area (Å²) in [5, 5.41) is 28.9. The zero-order chi connectivity index (χ0) is 18.4. The van der Waals surface area contributed by atoms with Crippen molar-refractivity contribution in [3.8, 4) is 0 Å². The Bertz CT molecular complexity index is 633. The minimum atomic E-state index is -1.12. The van der Waals surface area contributed by atoms with Gasteiger partial charge in [0, 0.05) is 12.1 Å². The molecule has 2 atom stereocenters. The minimum Gasteiger partial charge on any atom is -0.480 e. The number of rotatable bonds is 7. The number of β-amino-alcohol motifs (C(OH)–C–C–N with tert-alkyl or cyclic N) is 1. The molecule has 1 saturated heterocycles. The molecule has 1 aromatic rings. The molecular formula is C15H18N2O8. The summed E-state index contributed by atoms with van der Waals surface area (Å²) >= 11 is 0. The van der Waals surface area contributed by atoms with E-state index in [1.807, 2.05) is 0 Å². The average Bonchev–Trinajstić information content (AvgIpc) is 2.93. The van der Waals surface area contributed by atoms with Gasteiger partial charge in [-0.25, -0.2) is 9.59 Å². The number of hydrogen-bond donors (Lipinski definition) is 2. The highest BCUT2D eigenvalue weighted by Gasteiger charge is 2.35. The summed E-state index contributed by atoms with van der Waals surface area (Å²) < 4.78 is 10.1. The number of likely N-dealkylation sites (tertiary alicyclic amines) is 1. The van der Waals surface area contributed by atoms with E-state index in [2.05, 4.69) is 0 Å². The standard InChI is InChI=1S/C15H18N2O8/c18-13-5-12(8-24-9-14(19)20)16(6-13)15(21)25-7-10-1-3-11(4-2-10)17(22)23/h1-4,12-13,18H,5-9H2,(H,19,20)/t12-,13+/m0/s1. The SMILES string of the molecule is O=C(O)COC[C@@H]1C[C@@H](O)CN1C(=O)OCc1ccc([N+](=O)[O-])cc1. The first kappa shape index (κ1) is 18.6. The van der Waals surface area contributed by atoms with Gasteiger partial charge in [0.25, 0.3) is 5.69 Å². The molecule has 0 bridgehead atoms. The van der Waals surface area contributed by atoms with Gasteiger partial charge in [0.1, 0.15) is 13.2 Å². The van der Waals surface area contributed by atoms with Crippen molar-refractivity contribution < 1.29 is 34.2 Å². The normalized spacial score (nSPS) is 19.6. The summed E-state index contributed by atoms with van der Waals surface area (Å²) in [4.78, 5) is 34.0. The van der Waals surface area contributed by atoms with E-state index in [1.165, 1.54) is 29.2 Å². The van der Waals surface area contributed by atoms with E-state index in [0.717, 1.165) is 0 Å². The first-order valence-electron chi connectivity index (χ1n) is 7.51. The summed E-state index contributed by atoms with van der Waals surface area (Å²) in [6.45, 7) is -0.513. The monoisotopic (exact) mass is 354 g/mol. The van der Waals surface area contributed by atoms with E-state index in [-0.39, 0.29) is 31.9 Å². The van der Waals surface area contributed by atoms with Gasteiger partial charge in [-0.05, 0) is 24.1 Å². The van der Waals surface area contributed by atoms with E-state index in [4.69, 9.17) is 14.6 Å². The Balaban J connectivity index is 1.87. The van der Waals surface area contributed by atoms with Crippen LogP contribution in [0.15, 0.2) is 24.3 Å². The largest absolute Gasteiger partial charge is 0.480 e. The van der Waals surface area contributed by atoms with E-state index in [0.29, 0.717) is 5.56 Å². The number of nitro groups is 1. The summed E-state index contributed by atoms with van der Waals surface area (Å²) in [5.41, 5.74) is 0.519. The van der Waals surface area contributed by atoms with E-state index in [9.17, 15) is 24.8 Å². The molecule has 10 heteroatoms. The maximum absolute atomic E-state index is 12.2. The number of aliphatic hydroxyl groups excluding tert-OH is 1. The highest BCUT2D eigenvalue weighted by Crippen LogP contribution is 2.20.